The van der Waals surface area contributed by atoms with Crippen LogP contribution in [0.3, 0.4) is 0 Å². The summed E-state index contributed by atoms with van der Waals surface area (Å²) in [7, 11) is 1.29. The molecule has 2 heterocycles. The smallest absolute Gasteiger partial charge is 0.337 e. The van der Waals surface area contributed by atoms with Crippen LogP contribution in [-0.4, -0.2) is 29.7 Å². The highest BCUT2D eigenvalue weighted by Gasteiger charge is 2.30. The Labute approximate surface area is 140 Å². The number of benzene rings is 2. The molecule has 6 heteroatoms. The molecule has 3 aromatic rings. The summed E-state index contributed by atoms with van der Waals surface area (Å²) in [6, 6.07) is 12.1. The van der Waals surface area contributed by atoms with Crippen molar-refractivity contribution < 1.29 is 19.4 Å². The van der Waals surface area contributed by atoms with Gasteiger partial charge in [0.25, 0.3) is 0 Å². The maximum absolute atomic E-state index is 12.8. The highest BCUT2D eigenvalue weighted by molar-refractivity contribution is 7.21. The zero-order valence-corrected chi connectivity index (χ0v) is 13.4. The molecule has 1 N–H and O–H groups in total. The van der Waals surface area contributed by atoms with Crippen LogP contribution in [0.4, 0.5) is 5.69 Å². The minimum atomic E-state index is -0.511. The summed E-state index contributed by atoms with van der Waals surface area (Å²) in [6.07, 6.45) is 0. The van der Waals surface area contributed by atoms with Crippen LogP contribution in [-0.2, 0) is 4.74 Å². The molecule has 24 heavy (non-hydrogen) atoms. The van der Waals surface area contributed by atoms with Crippen LogP contribution in [0.15, 0.2) is 47.5 Å². The lowest BCUT2D eigenvalue weighted by Gasteiger charge is -2.01. The molecule has 0 bridgehead atoms. The molecule has 0 saturated carbocycles. The number of ether oxygens (including phenoxy) is 1. The lowest BCUT2D eigenvalue weighted by molar-refractivity contribution is 0.0600. The SMILES string of the molecule is COC(=O)c1ccc2c(c1)C(=O)C(c1c(O)sc3ccccc13)=N2. The van der Waals surface area contributed by atoms with Crippen molar-refractivity contribution in [2.24, 2.45) is 4.99 Å². The van der Waals surface area contributed by atoms with Crippen molar-refractivity contribution in [2.75, 3.05) is 7.11 Å². The number of fused-ring (bicyclic) bond motifs is 2. The average Bonchev–Trinajstić information content (AvgIpc) is 3.10. The monoisotopic (exact) mass is 337 g/mol. The summed E-state index contributed by atoms with van der Waals surface area (Å²) >= 11 is 1.21. The molecule has 0 aliphatic carbocycles. The molecule has 0 atom stereocenters. The fourth-order valence-corrected chi connectivity index (χ4v) is 3.73. The number of hydrogen-bond acceptors (Lipinski definition) is 6. The van der Waals surface area contributed by atoms with Gasteiger partial charge in [0.05, 0.1) is 29.5 Å². The Morgan fingerprint density at radius 1 is 1.21 bits per heavy atom. The predicted octanol–water partition coefficient (Wildman–Crippen LogP) is 3.71. The van der Waals surface area contributed by atoms with Crippen molar-refractivity contribution in [1.82, 2.24) is 0 Å². The third kappa shape index (κ3) is 2.04. The summed E-state index contributed by atoms with van der Waals surface area (Å²) in [5.41, 5.74) is 1.75. The zero-order chi connectivity index (χ0) is 16.8. The van der Waals surface area contributed by atoms with E-state index < -0.39 is 5.97 Å². The summed E-state index contributed by atoms with van der Waals surface area (Å²) < 4.78 is 5.56. The number of carbonyl (C=O) groups is 2. The lowest BCUT2D eigenvalue weighted by atomic mass is 10.0. The van der Waals surface area contributed by atoms with Crippen LogP contribution in [0.5, 0.6) is 5.06 Å². The van der Waals surface area contributed by atoms with Gasteiger partial charge in [-0.1, -0.05) is 29.5 Å². The fourth-order valence-electron chi connectivity index (χ4n) is 2.79. The summed E-state index contributed by atoms with van der Waals surface area (Å²) in [4.78, 5) is 28.8. The van der Waals surface area contributed by atoms with E-state index in [2.05, 4.69) is 9.73 Å². The lowest BCUT2D eigenvalue weighted by Crippen LogP contribution is -2.11. The highest BCUT2D eigenvalue weighted by Crippen LogP contribution is 2.40. The van der Waals surface area contributed by atoms with E-state index in [0.717, 1.165) is 10.1 Å². The first kappa shape index (κ1) is 14.6. The number of methoxy groups -OCH3 is 1. The molecule has 1 aliphatic heterocycles. The molecule has 5 nitrogen and oxygen atoms in total. The van der Waals surface area contributed by atoms with Gasteiger partial charge >= 0.3 is 5.97 Å². The van der Waals surface area contributed by atoms with Gasteiger partial charge < -0.3 is 9.84 Å². The molecular weight excluding hydrogens is 326 g/mol. The van der Waals surface area contributed by atoms with Crippen molar-refractivity contribution in [1.29, 1.82) is 0 Å². The number of nitrogens with zero attached hydrogens (tertiary/aromatic N) is 1. The van der Waals surface area contributed by atoms with E-state index in [1.807, 2.05) is 24.3 Å². The molecule has 0 amide bonds. The number of aromatic hydroxyl groups is 1. The topological polar surface area (TPSA) is 76.0 Å². The van der Waals surface area contributed by atoms with Crippen LogP contribution in [0.2, 0.25) is 0 Å². The van der Waals surface area contributed by atoms with Crippen molar-refractivity contribution in [3.8, 4) is 5.06 Å². The van der Waals surface area contributed by atoms with Crippen LogP contribution < -0.4 is 0 Å². The molecule has 118 valence electrons. The largest absolute Gasteiger partial charge is 0.499 e. The maximum atomic E-state index is 12.8. The molecular formula is C18H11NO4S. The highest BCUT2D eigenvalue weighted by atomic mass is 32.1. The number of Topliss-reactive ketones (excluding diaryl/α,β-unsaturated/α-hetero) is 1. The van der Waals surface area contributed by atoms with E-state index in [-0.39, 0.29) is 16.6 Å². The normalized spacial score (nSPS) is 13.0. The van der Waals surface area contributed by atoms with Crippen molar-refractivity contribution in [2.45, 2.75) is 0 Å². The van der Waals surface area contributed by atoms with Gasteiger partial charge in [-0.3, -0.25) is 4.79 Å². The Morgan fingerprint density at radius 3 is 2.79 bits per heavy atom. The van der Waals surface area contributed by atoms with E-state index in [0.29, 0.717) is 22.4 Å². The molecule has 0 saturated heterocycles. The van der Waals surface area contributed by atoms with Gasteiger partial charge in [-0.2, -0.15) is 0 Å². The quantitative estimate of drug-likeness (QED) is 0.723. The fraction of sp³-hybridized carbons (Fsp3) is 0.0556. The van der Waals surface area contributed by atoms with E-state index in [1.54, 1.807) is 12.1 Å². The van der Waals surface area contributed by atoms with Gasteiger partial charge in [-0.15, -0.1) is 0 Å². The summed E-state index contributed by atoms with van der Waals surface area (Å²) in [5, 5.41) is 11.1. The average molecular weight is 337 g/mol. The molecule has 0 fully saturated rings. The minimum Gasteiger partial charge on any atom is -0.499 e. The van der Waals surface area contributed by atoms with E-state index in [4.69, 9.17) is 0 Å². The maximum Gasteiger partial charge on any atom is 0.337 e. The van der Waals surface area contributed by atoms with Gasteiger partial charge in [-0.25, -0.2) is 9.79 Å². The second-order valence-corrected chi connectivity index (χ2v) is 6.32. The van der Waals surface area contributed by atoms with Gasteiger partial charge in [0.1, 0.15) is 5.71 Å². The van der Waals surface area contributed by atoms with Gasteiger partial charge in [0.2, 0.25) is 5.78 Å². The van der Waals surface area contributed by atoms with Crippen LogP contribution >= 0.6 is 11.3 Å². The number of rotatable bonds is 2. The summed E-state index contributed by atoms with van der Waals surface area (Å²) in [5.74, 6) is -0.822. The Bertz CT molecular complexity index is 1050. The molecule has 0 unspecified atom stereocenters. The number of hydrogen-bond donors (Lipinski definition) is 1. The number of carbonyl (C=O) groups excluding carboxylic acids is 2. The molecule has 0 radical (unpaired) electrons. The van der Waals surface area contributed by atoms with Gasteiger partial charge in [-0.05, 0) is 24.3 Å². The van der Waals surface area contributed by atoms with Crippen molar-refractivity contribution in [3.05, 3.63) is 59.2 Å². The van der Waals surface area contributed by atoms with Crippen LogP contribution in [0, 0.1) is 0 Å². The Hall–Kier alpha value is -2.99. The summed E-state index contributed by atoms with van der Waals surface area (Å²) in [6.45, 7) is 0. The number of ketones is 1. The first-order chi connectivity index (χ1) is 11.6. The van der Waals surface area contributed by atoms with E-state index in [9.17, 15) is 14.7 Å². The third-order valence-corrected chi connectivity index (χ3v) is 4.90. The van der Waals surface area contributed by atoms with Gasteiger partial charge in [0, 0.05) is 10.1 Å². The van der Waals surface area contributed by atoms with E-state index >= 15 is 0 Å². The van der Waals surface area contributed by atoms with Crippen molar-refractivity contribution in [3.63, 3.8) is 0 Å². The molecule has 4 rings (SSSR count). The molecule has 1 aliphatic rings. The van der Waals surface area contributed by atoms with Crippen LogP contribution in [0.1, 0.15) is 26.3 Å². The van der Waals surface area contributed by atoms with E-state index in [1.165, 1.54) is 24.5 Å². The molecule has 0 spiro atoms. The predicted molar refractivity (Wildman–Crippen MR) is 91.8 cm³/mol. The Morgan fingerprint density at radius 2 is 2.00 bits per heavy atom. The van der Waals surface area contributed by atoms with Crippen molar-refractivity contribution >= 4 is 44.6 Å². The second-order valence-electron chi connectivity index (χ2n) is 5.29. The Balaban J connectivity index is 1.85. The van der Waals surface area contributed by atoms with Gasteiger partial charge in [0.15, 0.2) is 5.06 Å². The third-order valence-electron chi connectivity index (χ3n) is 3.92. The first-order valence-corrected chi connectivity index (χ1v) is 7.98. The second kappa shape index (κ2) is 5.28. The standard InChI is InChI=1S/C18H11NO4S/c1-23-17(21)9-6-7-12-11(8-9)16(20)15(19-12)14-10-4-2-3-5-13(10)24-18(14)22/h2-8,22H,1H3. The van der Waals surface area contributed by atoms with Crippen LogP contribution in [0.25, 0.3) is 10.1 Å². The Kier molecular flexibility index (Phi) is 3.21. The molecule has 2 aromatic carbocycles. The minimum absolute atomic E-state index is 0.0595. The zero-order valence-electron chi connectivity index (χ0n) is 12.6. The number of thiophene rings is 1. The molecule has 1 aromatic heterocycles. The number of aliphatic imine (C=N–C) groups is 1. The number of esters is 1. The first-order valence-electron chi connectivity index (χ1n) is 7.17.